The molecule has 180 valence electrons. The Kier molecular flexibility index (Phi) is 6.86. The lowest BCUT2D eigenvalue weighted by molar-refractivity contribution is -0.0856. The summed E-state index contributed by atoms with van der Waals surface area (Å²) in [4.78, 5) is 31.6. The molecule has 7 nitrogen and oxygen atoms in total. The second-order valence-corrected chi connectivity index (χ2v) is 11.1. The zero-order valence-corrected chi connectivity index (χ0v) is 21.1. The Morgan fingerprint density at radius 1 is 1.00 bits per heavy atom. The van der Waals surface area contributed by atoms with Gasteiger partial charge in [0, 0.05) is 45.3 Å². The molecule has 2 atom stereocenters. The van der Waals surface area contributed by atoms with E-state index in [1.54, 1.807) is 17.7 Å². The summed E-state index contributed by atoms with van der Waals surface area (Å²) in [5, 5.41) is 1.08. The number of ether oxygens (including phenoxy) is 1. The highest BCUT2D eigenvalue weighted by Crippen LogP contribution is 2.36. The first kappa shape index (κ1) is 23.0. The number of thiophene rings is 1. The number of morpholine rings is 1. The monoisotopic (exact) mass is 471 g/mol. The van der Waals surface area contributed by atoms with Crippen LogP contribution in [0.25, 0.3) is 10.2 Å². The largest absolute Gasteiger partial charge is 0.373 e. The van der Waals surface area contributed by atoms with Gasteiger partial charge in [-0.25, -0.2) is 9.97 Å². The van der Waals surface area contributed by atoms with E-state index in [4.69, 9.17) is 4.74 Å². The van der Waals surface area contributed by atoms with E-state index in [1.165, 1.54) is 25.7 Å². The Bertz CT molecular complexity index is 969. The van der Waals surface area contributed by atoms with E-state index < -0.39 is 0 Å². The van der Waals surface area contributed by atoms with Crippen molar-refractivity contribution in [3.8, 4) is 0 Å². The summed E-state index contributed by atoms with van der Waals surface area (Å²) in [6, 6.07) is 0.548. The molecule has 0 aromatic carbocycles. The van der Waals surface area contributed by atoms with E-state index >= 15 is 0 Å². The molecule has 33 heavy (non-hydrogen) atoms. The fourth-order valence-corrected chi connectivity index (χ4v) is 6.98. The van der Waals surface area contributed by atoms with E-state index in [0.29, 0.717) is 6.04 Å². The molecule has 1 amide bonds. The first-order valence-corrected chi connectivity index (χ1v) is 13.5. The highest BCUT2D eigenvalue weighted by Gasteiger charge is 2.33. The quantitative estimate of drug-likeness (QED) is 0.672. The lowest BCUT2D eigenvalue weighted by Gasteiger charge is -2.43. The Hall–Kier alpha value is -1.77. The number of hydrogen-bond acceptors (Lipinski definition) is 7. The molecule has 0 unspecified atom stereocenters. The number of piperidine rings is 1. The van der Waals surface area contributed by atoms with Gasteiger partial charge in [-0.3, -0.25) is 9.69 Å². The number of carbonyl (C=O) groups excluding carboxylic acids is 1. The third kappa shape index (κ3) is 4.75. The molecule has 0 spiro atoms. The normalized spacial score (nSPS) is 26.0. The number of nitrogens with zero attached hydrogens (tertiary/aromatic N) is 5. The molecule has 5 rings (SSSR count). The molecular formula is C25H37N5O2S. The lowest BCUT2D eigenvalue weighted by Crippen LogP contribution is -2.53. The summed E-state index contributed by atoms with van der Waals surface area (Å²) >= 11 is 1.54. The SMILES string of the molecule is Cc1c(C(=O)N2CCC(N3C[C@@H](C)O[C@@H](C)C3)CC2)sc2ncnc(N3CCCCCC3)c12. The Balaban J connectivity index is 1.31. The summed E-state index contributed by atoms with van der Waals surface area (Å²) in [7, 11) is 0. The van der Waals surface area contributed by atoms with Gasteiger partial charge in [-0.2, -0.15) is 0 Å². The lowest BCUT2D eigenvalue weighted by atomic mass is 10.0. The maximum Gasteiger partial charge on any atom is 0.264 e. The van der Waals surface area contributed by atoms with Crippen LogP contribution in [0.4, 0.5) is 5.82 Å². The highest BCUT2D eigenvalue weighted by molar-refractivity contribution is 7.20. The third-order valence-corrected chi connectivity index (χ3v) is 8.71. The molecule has 3 aliphatic heterocycles. The van der Waals surface area contributed by atoms with Crippen molar-refractivity contribution in [3.05, 3.63) is 16.8 Å². The van der Waals surface area contributed by atoms with Gasteiger partial charge in [0.2, 0.25) is 0 Å². The van der Waals surface area contributed by atoms with Gasteiger partial charge >= 0.3 is 0 Å². The van der Waals surface area contributed by atoms with Gasteiger partial charge in [0.15, 0.2) is 0 Å². The van der Waals surface area contributed by atoms with Crippen molar-refractivity contribution >= 4 is 33.3 Å². The zero-order valence-electron chi connectivity index (χ0n) is 20.3. The Morgan fingerprint density at radius 2 is 1.67 bits per heavy atom. The second kappa shape index (κ2) is 9.84. The van der Waals surface area contributed by atoms with Crippen molar-refractivity contribution in [2.75, 3.05) is 44.2 Å². The van der Waals surface area contributed by atoms with Crippen LogP contribution in [0.2, 0.25) is 0 Å². The van der Waals surface area contributed by atoms with Crippen molar-refractivity contribution in [1.29, 1.82) is 0 Å². The summed E-state index contributed by atoms with van der Waals surface area (Å²) in [5.41, 5.74) is 1.05. The standard InChI is InChI=1S/C25H37N5O2S/c1-17-14-30(15-18(2)32-17)20-8-12-29(13-9-20)25(31)22-19(3)21-23(26-16-27-24(21)33-22)28-10-6-4-5-7-11-28/h16-18,20H,4-15H2,1-3H3/t17-,18+. The first-order valence-electron chi connectivity index (χ1n) is 12.7. The highest BCUT2D eigenvalue weighted by atomic mass is 32.1. The molecule has 3 fully saturated rings. The van der Waals surface area contributed by atoms with Crippen LogP contribution in [0.5, 0.6) is 0 Å². The fourth-order valence-electron chi connectivity index (χ4n) is 5.87. The molecule has 0 bridgehead atoms. The zero-order chi connectivity index (χ0) is 22.9. The van der Waals surface area contributed by atoms with Crippen LogP contribution in [0.15, 0.2) is 6.33 Å². The average molecular weight is 472 g/mol. The topological polar surface area (TPSA) is 61.8 Å². The number of amides is 1. The van der Waals surface area contributed by atoms with E-state index in [-0.39, 0.29) is 18.1 Å². The summed E-state index contributed by atoms with van der Waals surface area (Å²) in [6.45, 7) is 12.1. The number of anilines is 1. The van der Waals surface area contributed by atoms with Crippen molar-refractivity contribution < 1.29 is 9.53 Å². The van der Waals surface area contributed by atoms with Crippen molar-refractivity contribution in [3.63, 3.8) is 0 Å². The van der Waals surface area contributed by atoms with Crippen LogP contribution in [-0.2, 0) is 4.74 Å². The molecule has 0 saturated carbocycles. The number of rotatable bonds is 3. The molecule has 2 aromatic heterocycles. The summed E-state index contributed by atoms with van der Waals surface area (Å²) < 4.78 is 5.91. The predicted octanol–water partition coefficient (Wildman–Crippen LogP) is 4.09. The van der Waals surface area contributed by atoms with Crippen LogP contribution >= 0.6 is 11.3 Å². The van der Waals surface area contributed by atoms with Gasteiger partial charge in [-0.05, 0) is 52.0 Å². The van der Waals surface area contributed by atoms with Crippen LogP contribution in [-0.4, -0.2) is 83.2 Å². The fraction of sp³-hybridized carbons (Fsp3) is 0.720. The van der Waals surface area contributed by atoms with Gasteiger partial charge in [0.05, 0.1) is 22.5 Å². The number of fused-ring (bicyclic) bond motifs is 1. The Morgan fingerprint density at radius 3 is 2.33 bits per heavy atom. The number of likely N-dealkylation sites (tertiary alicyclic amines) is 1. The molecule has 8 heteroatoms. The molecule has 2 aromatic rings. The molecule has 0 radical (unpaired) electrons. The summed E-state index contributed by atoms with van der Waals surface area (Å²) in [5.74, 6) is 1.18. The van der Waals surface area contributed by atoms with Crippen LogP contribution < -0.4 is 4.90 Å². The maximum absolute atomic E-state index is 13.6. The van der Waals surface area contributed by atoms with E-state index in [9.17, 15) is 4.79 Å². The minimum absolute atomic E-state index is 0.166. The molecule has 3 saturated heterocycles. The predicted molar refractivity (Wildman–Crippen MR) is 133 cm³/mol. The van der Waals surface area contributed by atoms with E-state index in [2.05, 4.69) is 45.4 Å². The number of hydrogen-bond donors (Lipinski definition) is 0. The number of aromatic nitrogens is 2. The van der Waals surface area contributed by atoms with Gasteiger partial charge < -0.3 is 14.5 Å². The van der Waals surface area contributed by atoms with Crippen molar-refractivity contribution in [2.24, 2.45) is 0 Å². The smallest absolute Gasteiger partial charge is 0.264 e. The van der Waals surface area contributed by atoms with Gasteiger partial charge in [0.25, 0.3) is 5.91 Å². The van der Waals surface area contributed by atoms with Crippen LogP contribution in [0.3, 0.4) is 0 Å². The average Bonchev–Trinajstić information content (AvgIpc) is 2.98. The van der Waals surface area contributed by atoms with Crippen LogP contribution in [0.1, 0.15) is 67.6 Å². The number of carbonyl (C=O) groups is 1. The van der Waals surface area contributed by atoms with E-state index in [0.717, 1.165) is 78.6 Å². The molecule has 0 aliphatic carbocycles. The second-order valence-electron chi connectivity index (χ2n) is 10.1. The van der Waals surface area contributed by atoms with Crippen molar-refractivity contribution in [2.45, 2.75) is 77.5 Å². The van der Waals surface area contributed by atoms with Crippen LogP contribution in [0, 0.1) is 6.92 Å². The van der Waals surface area contributed by atoms with E-state index in [1.807, 2.05) is 0 Å². The molecule has 0 N–H and O–H groups in total. The molecular weight excluding hydrogens is 434 g/mol. The van der Waals surface area contributed by atoms with Gasteiger partial charge in [-0.1, -0.05) is 12.8 Å². The number of aryl methyl sites for hydroxylation is 1. The summed E-state index contributed by atoms with van der Waals surface area (Å²) in [6.07, 6.45) is 9.30. The Labute approximate surface area is 201 Å². The molecule has 5 heterocycles. The minimum Gasteiger partial charge on any atom is -0.373 e. The minimum atomic E-state index is 0.166. The van der Waals surface area contributed by atoms with Gasteiger partial charge in [0.1, 0.15) is 17.0 Å². The molecule has 3 aliphatic rings. The first-order chi connectivity index (χ1) is 16.0. The maximum atomic E-state index is 13.6. The van der Waals surface area contributed by atoms with Crippen molar-refractivity contribution in [1.82, 2.24) is 19.8 Å². The van der Waals surface area contributed by atoms with Gasteiger partial charge in [-0.15, -0.1) is 11.3 Å². The third-order valence-electron chi connectivity index (χ3n) is 7.52.